The number of rotatable bonds is 29. The number of nitrogens with two attached hydrogens (primary N) is 1. The van der Waals surface area contributed by atoms with Crippen molar-refractivity contribution < 1.29 is 73.9 Å². The van der Waals surface area contributed by atoms with Gasteiger partial charge >= 0.3 is 6.01 Å². The Morgan fingerprint density at radius 2 is 0.832 bits per heavy atom. The number of methoxy groups -OCH3 is 6. The van der Waals surface area contributed by atoms with E-state index in [1.807, 2.05) is 163 Å². The zero-order chi connectivity index (χ0) is 90.1. The molecule has 131 heavy (non-hydrogen) atoms. The fraction of sp³-hybridized carbons (Fsp3) is 0.267. The number of benzene rings is 6. The first-order valence-electron chi connectivity index (χ1n) is 40.8. The molecular formula is C90H88N18O16S7. The summed E-state index contributed by atoms with van der Waals surface area (Å²) in [4.78, 5) is 19.0. The fourth-order valence-corrected chi connectivity index (χ4v) is 18.2. The predicted molar refractivity (Wildman–Crippen MR) is 496 cm³/mol. The van der Waals surface area contributed by atoms with Crippen LogP contribution in [0.1, 0.15) is 74.6 Å². The van der Waals surface area contributed by atoms with E-state index in [2.05, 4.69) is 93.3 Å². The molecule has 1 aliphatic carbocycles. The third-order valence-corrected chi connectivity index (χ3v) is 26.4. The van der Waals surface area contributed by atoms with Crippen LogP contribution in [0.25, 0.3) is 45.8 Å². The second-order valence-electron chi connectivity index (χ2n) is 28.1. The van der Waals surface area contributed by atoms with Gasteiger partial charge in [0.2, 0.25) is 36.3 Å². The maximum atomic E-state index is 5.78. The number of nitrogen functional groups attached to an aromatic ring is 1. The second kappa shape index (κ2) is 48.2. The lowest BCUT2D eigenvalue weighted by molar-refractivity contribution is 0.0786. The van der Waals surface area contributed by atoms with Gasteiger partial charge in [-0.05, 0) is 174 Å². The van der Waals surface area contributed by atoms with Crippen molar-refractivity contribution in [1.29, 1.82) is 0 Å². The van der Waals surface area contributed by atoms with Crippen molar-refractivity contribution in [2.24, 2.45) is 0 Å². The van der Waals surface area contributed by atoms with Crippen LogP contribution in [0.3, 0.4) is 0 Å². The Hall–Kier alpha value is -12.7. The van der Waals surface area contributed by atoms with Gasteiger partial charge < -0.3 is 84.5 Å². The molecule has 3 aliphatic heterocycles. The molecule has 10 aromatic heterocycles. The van der Waals surface area contributed by atoms with E-state index in [0.29, 0.717) is 96.6 Å². The lowest BCUT2D eigenvalue weighted by Crippen LogP contribution is -2.36. The van der Waals surface area contributed by atoms with Gasteiger partial charge in [-0.1, -0.05) is 135 Å². The molecule has 676 valence electrons. The smallest absolute Gasteiger partial charge is 0.318 e. The molecule has 2 saturated heterocycles. The van der Waals surface area contributed by atoms with E-state index >= 15 is 0 Å². The second-order valence-corrected chi connectivity index (χ2v) is 35.0. The molecule has 6 aromatic carbocycles. The van der Waals surface area contributed by atoms with Gasteiger partial charge in [0.05, 0.1) is 61.4 Å². The van der Waals surface area contributed by atoms with Gasteiger partial charge in [-0.2, -0.15) is 0 Å². The zero-order valence-corrected chi connectivity index (χ0v) is 77.4. The van der Waals surface area contributed by atoms with E-state index in [9.17, 15) is 0 Å². The van der Waals surface area contributed by atoms with Crippen molar-refractivity contribution >= 4 is 93.9 Å². The summed E-state index contributed by atoms with van der Waals surface area (Å²) in [6.45, 7) is 4.80. The molecule has 0 bridgehead atoms. The van der Waals surface area contributed by atoms with Gasteiger partial charge in [0, 0.05) is 125 Å². The quantitative estimate of drug-likeness (QED) is 0.0425. The van der Waals surface area contributed by atoms with E-state index in [1.54, 1.807) is 115 Å². The summed E-state index contributed by atoms with van der Waals surface area (Å²) in [5.41, 5.74) is 16.0. The molecule has 0 amide bonds. The molecule has 2 N–H and O–H groups in total. The summed E-state index contributed by atoms with van der Waals surface area (Å²) >= 11 is 10.8. The Kier molecular flexibility index (Phi) is 34.2. The van der Waals surface area contributed by atoms with Crippen molar-refractivity contribution in [2.45, 2.75) is 97.0 Å². The standard InChI is InChI=1S/C17H15N3O2S.C17H14N2O4S.C15H18N2O3S.C14H13N5O2S.C14H17N3O3S.C13H11N3O2S2/c1-21-13-3-4-14-12(10-13)2-5-15(14)23-17-20-19-16(22-17)11-6-8-18-9-7-11;1-20-13-5-2-11(3-6-13)9-24-17-19-18-16(23-17)12-4-7-14-15(8-12)22-10-21-14;1-18-13-4-2-11(3-5-13)10-21-15-17-16-14(20-15)12-6-8-19-9-7-12;1-20-11-4-2-9(3-5-11)8-22-14-19-18-12(21-14)10-6-16-13(15)17-7-10;1-18-12-4-2-11(3-5-12)10-21-14-16-15-13(20-14)17-6-8-19-9-7-17;1-17-11-3-2-10(20-11)8-19-13-16-15-12(18-13)9-4-6-14-7-5-9/h3-4,6-10,15H,2,5H2,1H3;2-8H,9-10H2,1H3;2-5,12H,6-10H2,1H3;2-7H,8H2,1H3,(H2,15,16,17);2-5H,6-10H2,1H3;2-7H,8H2,1H3. The Labute approximate surface area is 782 Å². The highest BCUT2D eigenvalue weighted by Crippen LogP contribution is 2.46. The Morgan fingerprint density at radius 3 is 1.34 bits per heavy atom. The van der Waals surface area contributed by atoms with Crippen molar-refractivity contribution in [1.82, 2.24) is 81.1 Å². The number of fused-ring (bicyclic) bond motifs is 2. The predicted octanol–water partition coefficient (Wildman–Crippen LogP) is 19.1. The molecule has 34 nitrogen and oxygen atoms in total. The number of ether oxygens (including phenoxy) is 10. The van der Waals surface area contributed by atoms with Crippen molar-refractivity contribution in [3.8, 4) is 91.1 Å². The van der Waals surface area contributed by atoms with Gasteiger partial charge in [0.15, 0.2) is 16.6 Å². The fourth-order valence-electron chi connectivity index (χ4n) is 12.6. The van der Waals surface area contributed by atoms with Crippen molar-refractivity contribution in [3.05, 3.63) is 251 Å². The first-order valence-corrected chi connectivity index (χ1v) is 47.4. The van der Waals surface area contributed by atoms with Gasteiger partial charge in [0.25, 0.3) is 37.2 Å². The Morgan fingerprint density at radius 1 is 0.389 bits per heavy atom. The van der Waals surface area contributed by atoms with E-state index in [-0.39, 0.29) is 12.7 Å². The molecule has 0 saturated carbocycles. The van der Waals surface area contributed by atoms with Gasteiger partial charge in [-0.3, -0.25) is 9.97 Å². The molecule has 20 rings (SSSR count). The van der Waals surface area contributed by atoms with E-state index in [1.165, 1.54) is 74.2 Å². The number of pyridine rings is 2. The highest BCUT2D eigenvalue weighted by Gasteiger charge is 2.28. The average Bonchev–Trinajstić information content (AvgIpc) is 1.66. The van der Waals surface area contributed by atoms with E-state index in [4.69, 9.17) is 79.6 Å². The minimum atomic E-state index is 0.206. The lowest BCUT2D eigenvalue weighted by Gasteiger charge is -2.24. The summed E-state index contributed by atoms with van der Waals surface area (Å²) in [5.74, 6) is 12.7. The zero-order valence-electron chi connectivity index (χ0n) is 71.7. The van der Waals surface area contributed by atoms with Crippen molar-refractivity contribution in [2.75, 3.05) is 99.6 Å². The third kappa shape index (κ3) is 27.4. The molecule has 41 heteroatoms. The van der Waals surface area contributed by atoms with Gasteiger partial charge in [-0.15, -0.1) is 62.3 Å². The van der Waals surface area contributed by atoms with E-state index < -0.39 is 0 Å². The monoisotopic (exact) mass is 1900 g/mol. The lowest BCUT2D eigenvalue weighted by atomic mass is 10.0. The number of morpholine rings is 1. The maximum absolute atomic E-state index is 5.78. The molecule has 0 radical (unpaired) electrons. The van der Waals surface area contributed by atoms with Crippen LogP contribution < -0.4 is 48.5 Å². The van der Waals surface area contributed by atoms with Crippen LogP contribution in [0.4, 0.5) is 12.0 Å². The summed E-state index contributed by atoms with van der Waals surface area (Å²) in [6, 6.07) is 55.5. The number of thioether (sulfide) groups is 6. The average molecular weight is 1900 g/mol. The number of nitrogens with zero attached hydrogens (tertiary/aromatic N) is 17. The molecule has 4 aliphatic rings. The van der Waals surface area contributed by atoms with Crippen LogP contribution in [0.2, 0.25) is 0 Å². The molecule has 2 fully saturated rings. The van der Waals surface area contributed by atoms with Crippen LogP contribution in [-0.2, 0) is 44.7 Å². The van der Waals surface area contributed by atoms with E-state index in [0.717, 1.165) is 154 Å². The molecule has 1 unspecified atom stereocenters. The van der Waals surface area contributed by atoms with Crippen LogP contribution in [0.5, 0.6) is 45.3 Å². The van der Waals surface area contributed by atoms with Crippen LogP contribution >= 0.6 is 81.9 Å². The number of hydrogen-bond donors (Lipinski definition) is 1. The third-order valence-electron chi connectivity index (χ3n) is 19.6. The topological polar surface area (TPSA) is 407 Å². The minimum absolute atomic E-state index is 0.206. The highest BCUT2D eigenvalue weighted by atomic mass is 32.2. The Balaban J connectivity index is 0.000000120. The molecule has 0 spiro atoms. The minimum Gasteiger partial charge on any atom is -0.497 e. The summed E-state index contributed by atoms with van der Waals surface area (Å²) in [6.07, 6.45) is 14.0. The van der Waals surface area contributed by atoms with Crippen molar-refractivity contribution in [3.63, 3.8) is 0 Å². The first-order chi connectivity index (χ1) is 64.4. The molecule has 13 heterocycles. The summed E-state index contributed by atoms with van der Waals surface area (Å²) < 4.78 is 86.4. The molecule has 1 atom stereocenters. The van der Waals surface area contributed by atoms with Gasteiger partial charge in [0.1, 0.15) is 28.7 Å². The number of hydrogen-bond acceptors (Lipinski definition) is 41. The van der Waals surface area contributed by atoms with Gasteiger partial charge in [-0.25, -0.2) is 9.97 Å². The molecule has 16 aromatic rings. The number of aryl methyl sites for hydroxylation is 1. The van der Waals surface area contributed by atoms with Crippen LogP contribution in [0, 0.1) is 0 Å². The largest absolute Gasteiger partial charge is 0.497 e. The van der Waals surface area contributed by atoms with Crippen LogP contribution in [-0.4, -0.2) is 170 Å². The first kappa shape index (κ1) is 93.0. The number of aromatic nitrogens is 16. The number of thiophene rings is 1. The SMILES string of the molecule is COc1ccc(CSc2nnc(-c3ccc4c(c3)OCO4)o2)cc1.COc1ccc(CSc2nnc(-c3ccncc3)o2)s1.COc1ccc(CSc2nnc(-c3cnc(N)nc3)o2)cc1.COc1ccc(CSc2nnc(C3CCOCC3)o2)cc1.COc1ccc(CSc2nnc(N3CCOCC3)o2)cc1.COc1ccc2c(c1)CCC2Sc1nnc(-c2ccncc2)o1. The summed E-state index contributed by atoms with van der Waals surface area (Å²) in [7, 11) is 9.99. The highest BCUT2D eigenvalue weighted by molar-refractivity contribution is 7.99. The Bertz CT molecular complexity index is 6030. The maximum Gasteiger partial charge on any atom is 0.318 e. The van der Waals surface area contributed by atoms with Crippen LogP contribution in [0.15, 0.2) is 265 Å². The number of anilines is 2. The molecular weight excluding hydrogens is 1810 g/mol. The summed E-state index contributed by atoms with van der Waals surface area (Å²) in [5, 5.41) is 53.6. The normalized spacial score (nSPS) is 13.5.